The Morgan fingerprint density at radius 1 is 1.47 bits per heavy atom. The lowest BCUT2D eigenvalue weighted by molar-refractivity contribution is 0.259. The molecular formula is C12H19N3. The zero-order valence-electron chi connectivity index (χ0n) is 9.02. The van der Waals surface area contributed by atoms with Crippen LogP contribution in [0.4, 0.5) is 0 Å². The molecule has 82 valence electrons. The van der Waals surface area contributed by atoms with Crippen LogP contribution in [0.2, 0.25) is 0 Å². The summed E-state index contributed by atoms with van der Waals surface area (Å²) in [5.41, 5.74) is 4.03. The van der Waals surface area contributed by atoms with Crippen molar-refractivity contribution in [1.82, 2.24) is 10.4 Å². The molecule has 1 aromatic rings. The number of aromatic nitrogens is 1. The molecule has 15 heavy (non-hydrogen) atoms. The third kappa shape index (κ3) is 3.01. The van der Waals surface area contributed by atoms with E-state index in [1.807, 2.05) is 18.3 Å². The molecule has 2 rings (SSSR count). The molecule has 3 nitrogen and oxygen atoms in total. The number of rotatable bonds is 5. The van der Waals surface area contributed by atoms with Gasteiger partial charge in [0.05, 0.1) is 0 Å². The summed E-state index contributed by atoms with van der Waals surface area (Å²) in [6.45, 7) is 0. The Bertz CT molecular complexity index is 282. The maximum Gasteiger partial charge on any atom is 0.0419 e. The molecule has 1 aliphatic carbocycles. The minimum absolute atomic E-state index is 0.380. The highest BCUT2D eigenvalue weighted by Crippen LogP contribution is 2.30. The van der Waals surface area contributed by atoms with Crippen molar-refractivity contribution in [3.63, 3.8) is 0 Å². The maximum absolute atomic E-state index is 5.57. The molecule has 0 aliphatic heterocycles. The summed E-state index contributed by atoms with van der Waals surface area (Å²) in [4.78, 5) is 4.32. The Labute approximate surface area is 91.1 Å². The van der Waals surface area contributed by atoms with E-state index in [1.54, 1.807) is 0 Å². The Morgan fingerprint density at radius 2 is 2.33 bits per heavy atom. The number of hydrazine groups is 1. The van der Waals surface area contributed by atoms with Gasteiger partial charge in [-0.25, -0.2) is 0 Å². The highest BCUT2D eigenvalue weighted by atomic mass is 15.2. The third-order valence-corrected chi connectivity index (χ3v) is 3.26. The predicted octanol–water partition coefficient (Wildman–Crippen LogP) is 1.65. The van der Waals surface area contributed by atoms with Crippen LogP contribution in [-0.2, 0) is 6.42 Å². The first-order valence-corrected chi connectivity index (χ1v) is 5.74. The van der Waals surface area contributed by atoms with Crippen LogP contribution in [-0.4, -0.2) is 11.0 Å². The SMILES string of the molecule is NNC(Cc1ccccn1)CC1CCC1. The lowest BCUT2D eigenvalue weighted by Gasteiger charge is -2.29. The van der Waals surface area contributed by atoms with Crippen molar-refractivity contribution >= 4 is 0 Å². The smallest absolute Gasteiger partial charge is 0.0419 e. The van der Waals surface area contributed by atoms with Gasteiger partial charge in [0, 0.05) is 24.4 Å². The fourth-order valence-corrected chi connectivity index (χ4v) is 2.11. The molecule has 1 atom stereocenters. The quantitative estimate of drug-likeness (QED) is 0.567. The molecule has 0 aromatic carbocycles. The van der Waals surface area contributed by atoms with Gasteiger partial charge < -0.3 is 0 Å². The Morgan fingerprint density at radius 3 is 2.87 bits per heavy atom. The Hall–Kier alpha value is -0.930. The van der Waals surface area contributed by atoms with Crippen molar-refractivity contribution < 1.29 is 0 Å². The number of pyridine rings is 1. The zero-order valence-corrected chi connectivity index (χ0v) is 9.02. The van der Waals surface area contributed by atoms with Gasteiger partial charge in [0.15, 0.2) is 0 Å². The number of hydrogen-bond acceptors (Lipinski definition) is 3. The van der Waals surface area contributed by atoms with Crippen LogP contribution in [0.3, 0.4) is 0 Å². The highest BCUT2D eigenvalue weighted by molar-refractivity contribution is 5.05. The molecule has 3 N–H and O–H groups in total. The number of nitrogens with one attached hydrogen (secondary N) is 1. The van der Waals surface area contributed by atoms with Crippen LogP contribution < -0.4 is 11.3 Å². The largest absolute Gasteiger partial charge is 0.271 e. The lowest BCUT2D eigenvalue weighted by Crippen LogP contribution is -2.39. The number of nitrogens with two attached hydrogens (primary N) is 1. The van der Waals surface area contributed by atoms with Gasteiger partial charge in [-0.15, -0.1) is 0 Å². The molecule has 0 spiro atoms. The first-order chi connectivity index (χ1) is 7.38. The van der Waals surface area contributed by atoms with Crippen molar-refractivity contribution in [2.24, 2.45) is 11.8 Å². The van der Waals surface area contributed by atoms with Gasteiger partial charge in [0.2, 0.25) is 0 Å². The molecule has 1 aliphatic rings. The predicted molar refractivity (Wildman–Crippen MR) is 61.0 cm³/mol. The van der Waals surface area contributed by atoms with E-state index in [0.717, 1.165) is 18.0 Å². The summed E-state index contributed by atoms with van der Waals surface area (Å²) >= 11 is 0. The summed E-state index contributed by atoms with van der Waals surface area (Å²) < 4.78 is 0. The number of nitrogens with zero attached hydrogens (tertiary/aromatic N) is 1. The molecule has 1 aromatic heterocycles. The molecule has 1 heterocycles. The fourth-order valence-electron chi connectivity index (χ4n) is 2.11. The van der Waals surface area contributed by atoms with Gasteiger partial charge in [-0.1, -0.05) is 25.3 Å². The average molecular weight is 205 g/mol. The molecular weight excluding hydrogens is 186 g/mol. The van der Waals surface area contributed by atoms with Crippen LogP contribution >= 0.6 is 0 Å². The van der Waals surface area contributed by atoms with Gasteiger partial charge in [-0.2, -0.15) is 0 Å². The normalized spacial score (nSPS) is 18.5. The lowest BCUT2D eigenvalue weighted by atomic mass is 9.80. The van der Waals surface area contributed by atoms with Crippen molar-refractivity contribution in [2.75, 3.05) is 0 Å². The first-order valence-electron chi connectivity index (χ1n) is 5.74. The van der Waals surface area contributed by atoms with Crippen LogP contribution in [0.15, 0.2) is 24.4 Å². The van der Waals surface area contributed by atoms with Gasteiger partial charge >= 0.3 is 0 Å². The van der Waals surface area contributed by atoms with E-state index >= 15 is 0 Å². The van der Waals surface area contributed by atoms with Crippen LogP contribution in [0, 0.1) is 5.92 Å². The topological polar surface area (TPSA) is 50.9 Å². The Balaban J connectivity index is 1.84. The second-order valence-electron chi connectivity index (χ2n) is 4.42. The minimum atomic E-state index is 0.380. The molecule has 0 amide bonds. The highest BCUT2D eigenvalue weighted by Gasteiger charge is 2.21. The number of hydrogen-bond donors (Lipinski definition) is 2. The van der Waals surface area contributed by atoms with E-state index in [0.29, 0.717) is 6.04 Å². The fraction of sp³-hybridized carbons (Fsp3) is 0.583. The minimum Gasteiger partial charge on any atom is -0.271 e. The van der Waals surface area contributed by atoms with Crippen molar-refractivity contribution in [3.05, 3.63) is 30.1 Å². The van der Waals surface area contributed by atoms with E-state index in [2.05, 4.69) is 16.5 Å². The standard InChI is InChI=1S/C12H19N3/c13-15-12(8-10-4-3-5-10)9-11-6-1-2-7-14-11/h1-2,6-7,10,12,15H,3-5,8-9,13H2. The van der Waals surface area contributed by atoms with E-state index in [-0.39, 0.29) is 0 Å². The van der Waals surface area contributed by atoms with Crippen molar-refractivity contribution in [1.29, 1.82) is 0 Å². The molecule has 1 fully saturated rings. The zero-order chi connectivity index (χ0) is 10.5. The van der Waals surface area contributed by atoms with Crippen LogP contribution in [0.1, 0.15) is 31.4 Å². The van der Waals surface area contributed by atoms with E-state index in [4.69, 9.17) is 5.84 Å². The van der Waals surface area contributed by atoms with Crippen molar-refractivity contribution in [3.8, 4) is 0 Å². The summed E-state index contributed by atoms with van der Waals surface area (Å²) in [6, 6.07) is 6.41. The summed E-state index contributed by atoms with van der Waals surface area (Å²) in [7, 11) is 0. The van der Waals surface area contributed by atoms with Crippen LogP contribution in [0.25, 0.3) is 0 Å². The summed E-state index contributed by atoms with van der Waals surface area (Å²) in [6.07, 6.45) is 8.11. The van der Waals surface area contributed by atoms with Gasteiger partial charge in [0.1, 0.15) is 0 Å². The first kappa shape index (κ1) is 10.6. The molecule has 0 bridgehead atoms. The molecule has 0 radical (unpaired) electrons. The van der Waals surface area contributed by atoms with Gasteiger partial charge in [-0.05, 0) is 24.5 Å². The van der Waals surface area contributed by atoms with Crippen molar-refractivity contribution in [2.45, 2.75) is 38.1 Å². The Kier molecular flexibility index (Phi) is 3.69. The van der Waals surface area contributed by atoms with Crippen LogP contribution in [0.5, 0.6) is 0 Å². The molecule has 3 heteroatoms. The second-order valence-corrected chi connectivity index (χ2v) is 4.42. The second kappa shape index (κ2) is 5.24. The van der Waals surface area contributed by atoms with Gasteiger partial charge in [0.25, 0.3) is 0 Å². The van der Waals surface area contributed by atoms with E-state index in [1.165, 1.54) is 25.7 Å². The monoisotopic (exact) mass is 205 g/mol. The van der Waals surface area contributed by atoms with E-state index in [9.17, 15) is 0 Å². The average Bonchev–Trinajstić information content (AvgIpc) is 2.23. The molecule has 1 unspecified atom stereocenters. The summed E-state index contributed by atoms with van der Waals surface area (Å²) in [5, 5.41) is 0. The van der Waals surface area contributed by atoms with E-state index < -0.39 is 0 Å². The maximum atomic E-state index is 5.57. The molecule has 0 saturated heterocycles. The third-order valence-electron chi connectivity index (χ3n) is 3.26. The molecule has 1 saturated carbocycles. The van der Waals surface area contributed by atoms with Gasteiger partial charge in [-0.3, -0.25) is 16.3 Å². The summed E-state index contributed by atoms with van der Waals surface area (Å²) in [5.74, 6) is 6.45.